The van der Waals surface area contributed by atoms with Crippen molar-refractivity contribution in [2.75, 3.05) is 6.61 Å². The molecule has 254 valence electrons. The number of rotatable bonds is 15. The fourth-order valence-corrected chi connectivity index (χ4v) is 9.77. The van der Waals surface area contributed by atoms with E-state index in [2.05, 4.69) is 6.92 Å². The average molecular weight is 631 g/mol. The van der Waals surface area contributed by atoms with Gasteiger partial charge in [-0.3, -0.25) is 14.4 Å². The number of esters is 2. The third-order valence-electron chi connectivity index (χ3n) is 12.2. The van der Waals surface area contributed by atoms with Gasteiger partial charge in [-0.1, -0.05) is 104 Å². The van der Waals surface area contributed by atoms with Gasteiger partial charge in [0.2, 0.25) is 0 Å². The van der Waals surface area contributed by atoms with E-state index in [0.717, 1.165) is 19.3 Å². The number of hydrogen-bond donors (Lipinski definition) is 3. The van der Waals surface area contributed by atoms with Crippen LogP contribution in [0.2, 0.25) is 0 Å². The Balaban J connectivity index is 1.56. The van der Waals surface area contributed by atoms with Crippen LogP contribution in [-0.2, 0) is 23.9 Å². The zero-order chi connectivity index (χ0) is 33.4. The number of fused-ring (bicyclic) bond motifs is 5. The number of aliphatic hydroxyl groups is 3. The molecule has 3 N–H and O–H groups in total. The highest BCUT2D eigenvalue weighted by molar-refractivity contribution is 6.04. The van der Waals surface area contributed by atoms with Crippen LogP contribution in [0.3, 0.4) is 0 Å². The largest absolute Gasteiger partial charge is 0.455 e. The highest BCUT2D eigenvalue weighted by Gasteiger charge is 2.91. The lowest BCUT2D eigenvalue weighted by Crippen LogP contribution is -2.71. The van der Waals surface area contributed by atoms with E-state index in [4.69, 9.17) is 9.47 Å². The van der Waals surface area contributed by atoms with Crippen LogP contribution in [0.15, 0.2) is 23.3 Å². The van der Waals surface area contributed by atoms with Crippen molar-refractivity contribution in [3.63, 3.8) is 0 Å². The summed E-state index contributed by atoms with van der Waals surface area (Å²) in [7, 11) is 0. The number of carbonyl (C=O) groups is 3. The molecule has 4 aliphatic carbocycles. The molecule has 4 aliphatic rings. The summed E-state index contributed by atoms with van der Waals surface area (Å²) in [5.41, 5.74) is -6.33. The predicted molar refractivity (Wildman–Crippen MR) is 172 cm³/mol. The third-order valence-corrected chi connectivity index (χ3v) is 12.2. The topological polar surface area (TPSA) is 130 Å². The molecule has 45 heavy (non-hydrogen) atoms. The van der Waals surface area contributed by atoms with E-state index in [1.54, 1.807) is 32.9 Å². The molecule has 0 spiro atoms. The van der Waals surface area contributed by atoms with Crippen molar-refractivity contribution in [2.24, 2.45) is 29.1 Å². The van der Waals surface area contributed by atoms with Crippen LogP contribution in [0.25, 0.3) is 0 Å². The summed E-state index contributed by atoms with van der Waals surface area (Å²) in [4.78, 5) is 39.6. The monoisotopic (exact) mass is 630 g/mol. The molecule has 2 fully saturated rings. The standard InChI is InChI=1S/C37H58O8/c1-8-9-10-11-12-13-14-15-16-17-18-19-30(40)45-34(7)25(3)36(43)28(31-33(5,6)37(31,34)44-26(4)39)21-27(23-38)22-35(42)29(36)20-24(2)32(35)41/h20-21,25,28-29,31,38,42-43H,8-19,22-23H2,1-7H3/t25-,28+,29-,31-,34-,35-,36-,37+/m1/s1. The highest BCUT2D eigenvalue weighted by atomic mass is 16.6. The Morgan fingerprint density at radius 3 is 2.00 bits per heavy atom. The SMILES string of the molecule is CCCCCCCCCCCCCC(=O)O[C@]1(C)[C@@H](C)[C@@]2(O)[C@@H](C=C(CO)C[C@]3(O)C(=O)C(C)=C[C@@H]23)[C@@H]2C(C)(C)[C@@]21OC(C)=O. The molecule has 8 heteroatoms. The fourth-order valence-electron chi connectivity index (χ4n) is 9.77. The summed E-state index contributed by atoms with van der Waals surface area (Å²) >= 11 is 0. The molecule has 8 nitrogen and oxygen atoms in total. The number of aliphatic hydroxyl groups excluding tert-OH is 1. The van der Waals surface area contributed by atoms with E-state index in [1.165, 1.54) is 51.9 Å². The lowest BCUT2D eigenvalue weighted by Gasteiger charge is -2.57. The van der Waals surface area contributed by atoms with Gasteiger partial charge in [-0.15, -0.1) is 0 Å². The summed E-state index contributed by atoms with van der Waals surface area (Å²) in [6.45, 7) is 12.2. The predicted octanol–water partition coefficient (Wildman–Crippen LogP) is 6.14. The van der Waals surface area contributed by atoms with E-state index in [-0.39, 0.29) is 19.4 Å². The summed E-state index contributed by atoms with van der Waals surface area (Å²) in [5.74, 6) is -4.45. The van der Waals surface area contributed by atoms with Crippen molar-refractivity contribution in [3.8, 4) is 0 Å². The number of ketones is 1. The molecule has 4 rings (SSSR count). The summed E-state index contributed by atoms with van der Waals surface area (Å²) in [6, 6.07) is 0. The lowest BCUT2D eigenvalue weighted by atomic mass is 9.55. The van der Waals surface area contributed by atoms with Crippen LogP contribution >= 0.6 is 0 Å². The summed E-state index contributed by atoms with van der Waals surface area (Å²) in [5, 5.41) is 35.1. The van der Waals surface area contributed by atoms with Gasteiger partial charge in [-0.25, -0.2) is 0 Å². The second kappa shape index (κ2) is 13.2. The van der Waals surface area contributed by atoms with Crippen molar-refractivity contribution in [1.29, 1.82) is 0 Å². The highest BCUT2D eigenvalue weighted by Crippen LogP contribution is 2.80. The Labute approximate surface area is 270 Å². The molecule has 0 amide bonds. The van der Waals surface area contributed by atoms with Gasteiger partial charge in [-0.05, 0) is 31.4 Å². The molecule has 0 aromatic carbocycles. The van der Waals surface area contributed by atoms with Gasteiger partial charge in [-0.2, -0.15) is 0 Å². The number of Topliss-reactive ketones (excluding diaryl/α,β-unsaturated/α-hetero) is 1. The molecular formula is C37H58O8. The maximum atomic E-state index is 13.5. The van der Waals surface area contributed by atoms with Gasteiger partial charge >= 0.3 is 11.9 Å². The molecule has 0 aliphatic heterocycles. The first-order valence-corrected chi connectivity index (χ1v) is 17.5. The summed E-state index contributed by atoms with van der Waals surface area (Å²) in [6.07, 6.45) is 16.3. The van der Waals surface area contributed by atoms with Crippen molar-refractivity contribution in [3.05, 3.63) is 23.3 Å². The van der Waals surface area contributed by atoms with E-state index in [9.17, 15) is 29.7 Å². The zero-order valence-electron chi connectivity index (χ0n) is 28.7. The van der Waals surface area contributed by atoms with Gasteiger partial charge in [0.15, 0.2) is 17.0 Å². The molecule has 0 unspecified atom stereocenters. The second-order valence-corrected chi connectivity index (χ2v) is 15.3. The zero-order valence-corrected chi connectivity index (χ0v) is 28.7. The molecule has 0 radical (unpaired) electrons. The van der Waals surface area contributed by atoms with Crippen molar-refractivity contribution < 1.29 is 39.2 Å². The number of carbonyl (C=O) groups excluding carboxylic acids is 3. The smallest absolute Gasteiger partial charge is 0.306 e. The average Bonchev–Trinajstić information content (AvgIpc) is 3.41. The first-order chi connectivity index (χ1) is 21.1. The molecule has 0 saturated heterocycles. The Bertz CT molecular complexity index is 1200. The van der Waals surface area contributed by atoms with Crippen LogP contribution < -0.4 is 0 Å². The molecule has 0 bridgehead atoms. The minimum absolute atomic E-state index is 0.116. The Hall–Kier alpha value is -2.03. The normalized spacial score (nSPS) is 37.9. The van der Waals surface area contributed by atoms with Crippen LogP contribution in [0.1, 0.15) is 132 Å². The van der Waals surface area contributed by atoms with Crippen molar-refractivity contribution in [1.82, 2.24) is 0 Å². The first-order valence-electron chi connectivity index (χ1n) is 17.5. The Morgan fingerprint density at radius 1 is 0.911 bits per heavy atom. The Morgan fingerprint density at radius 2 is 1.47 bits per heavy atom. The minimum atomic E-state index is -1.95. The molecular weight excluding hydrogens is 572 g/mol. The first kappa shape index (κ1) is 35.8. The van der Waals surface area contributed by atoms with E-state index < -0.39 is 69.2 Å². The number of unbranched alkanes of at least 4 members (excludes halogenated alkanes) is 10. The maximum absolute atomic E-state index is 13.5. The van der Waals surface area contributed by atoms with Crippen molar-refractivity contribution >= 4 is 17.7 Å². The van der Waals surface area contributed by atoms with E-state index in [1.807, 2.05) is 13.8 Å². The van der Waals surface area contributed by atoms with Crippen LogP contribution in [0.5, 0.6) is 0 Å². The molecule has 0 aromatic heterocycles. The second-order valence-electron chi connectivity index (χ2n) is 15.3. The molecule has 8 atom stereocenters. The molecule has 0 heterocycles. The fraction of sp³-hybridized carbons (Fsp3) is 0.811. The lowest BCUT2D eigenvalue weighted by molar-refractivity contribution is -0.261. The maximum Gasteiger partial charge on any atom is 0.306 e. The van der Waals surface area contributed by atoms with Gasteiger partial charge < -0.3 is 24.8 Å². The van der Waals surface area contributed by atoms with Gasteiger partial charge in [0.1, 0.15) is 5.60 Å². The van der Waals surface area contributed by atoms with E-state index in [0.29, 0.717) is 17.6 Å². The third kappa shape index (κ3) is 5.75. The minimum Gasteiger partial charge on any atom is -0.455 e. The summed E-state index contributed by atoms with van der Waals surface area (Å²) < 4.78 is 12.6. The molecule has 0 aromatic rings. The van der Waals surface area contributed by atoms with Crippen molar-refractivity contribution in [2.45, 2.75) is 154 Å². The van der Waals surface area contributed by atoms with Gasteiger partial charge in [0, 0.05) is 48.9 Å². The quantitative estimate of drug-likeness (QED) is 0.112. The number of ether oxygens (including phenoxy) is 2. The van der Waals surface area contributed by atoms with Gasteiger partial charge in [0.25, 0.3) is 0 Å². The van der Waals surface area contributed by atoms with E-state index >= 15 is 0 Å². The van der Waals surface area contributed by atoms with Crippen LogP contribution in [0, 0.1) is 29.1 Å². The van der Waals surface area contributed by atoms with Gasteiger partial charge in [0.05, 0.1) is 12.2 Å². The van der Waals surface area contributed by atoms with Crippen LogP contribution in [-0.4, -0.2) is 62.1 Å². The Kier molecular flexibility index (Phi) is 10.5. The number of hydrogen-bond acceptors (Lipinski definition) is 8. The van der Waals surface area contributed by atoms with Crippen LogP contribution in [0.4, 0.5) is 0 Å². The molecule has 2 saturated carbocycles.